The molecular formula is C13H15Br2Cl2NO2S. The molecule has 21 heavy (non-hydrogen) atoms. The smallest absolute Gasteiger partial charge is 0.207 e. The Morgan fingerprint density at radius 2 is 1.90 bits per heavy atom. The lowest BCUT2D eigenvalue weighted by molar-refractivity contribution is 0.369. The molecule has 0 radical (unpaired) electrons. The van der Waals surface area contributed by atoms with Gasteiger partial charge in [0.05, 0.1) is 10.0 Å². The fourth-order valence-electron chi connectivity index (χ4n) is 2.62. The second-order valence-electron chi connectivity index (χ2n) is 4.94. The van der Waals surface area contributed by atoms with Gasteiger partial charge in [0, 0.05) is 22.4 Å². The van der Waals surface area contributed by atoms with Gasteiger partial charge in [0.1, 0.15) is 4.90 Å². The number of halogens is 4. The minimum Gasteiger partial charge on any atom is -0.207 e. The zero-order valence-corrected chi connectivity index (χ0v) is 16.7. The number of hydrogen-bond donors (Lipinski definition) is 0. The van der Waals surface area contributed by atoms with Crippen LogP contribution < -0.4 is 0 Å². The fourth-order valence-corrected chi connectivity index (χ4v) is 6.55. The molecule has 0 saturated carbocycles. The lowest BCUT2D eigenvalue weighted by Crippen LogP contribution is -2.35. The summed E-state index contributed by atoms with van der Waals surface area (Å²) in [7, 11) is -3.66. The van der Waals surface area contributed by atoms with Crippen molar-refractivity contribution < 1.29 is 8.42 Å². The standard InChI is InChI=1S/C13H15Br2Cl2NO2S/c14-5-1-3-10-4-2-6-18(10)21(19,20)13-11(16)7-9(15)8-12(13)17/h7-8,10H,1-6H2. The summed E-state index contributed by atoms with van der Waals surface area (Å²) in [5.41, 5.74) is 0. The van der Waals surface area contributed by atoms with Crippen molar-refractivity contribution in [2.24, 2.45) is 0 Å². The van der Waals surface area contributed by atoms with Gasteiger partial charge in [-0.1, -0.05) is 55.1 Å². The minimum absolute atomic E-state index is 0.0137. The van der Waals surface area contributed by atoms with Crippen LogP contribution in [-0.2, 0) is 10.0 Å². The van der Waals surface area contributed by atoms with Crippen LogP contribution >= 0.6 is 55.1 Å². The SMILES string of the molecule is O=S(=O)(c1c(Cl)cc(Br)cc1Cl)N1CCCC1CCCBr. The summed E-state index contributed by atoms with van der Waals surface area (Å²) in [6.07, 6.45) is 3.55. The second kappa shape index (κ2) is 7.49. The Morgan fingerprint density at radius 3 is 2.48 bits per heavy atom. The van der Waals surface area contributed by atoms with Crippen molar-refractivity contribution in [2.45, 2.75) is 36.6 Å². The van der Waals surface area contributed by atoms with Gasteiger partial charge in [0.15, 0.2) is 0 Å². The van der Waals surface area contributed by atoms with E-state index in [2.05, 4.69) is 31.9 Å². The van der Waals surface area contributed by atoms with E-state index in [1.807, 2.05) is 0 Å². The molecule has 1 fully saturated rings. The summed E-state index contributed by atoms with van der Waals surface area (Å²) >= 11 is 18.9. The Hall–Kier alpha value is 0.670. The van der Waals surface area contributed by atoms with E-state index in [1.54, 1.807) is 16.4 Å². The summed E-state index contributed by atoms with van der Waals surface area (Å²) in [5, 5.41) is 1.18. The largest absolute Gasteiger partial charge is 0.246 e. The molecule has 1 aliphatic heterocycles. The van der Waals surface area contributed by atoms with E-state index in [-0.39, 0.29) is 21.0 Å². The van der Waals surface area contributed by atoms with Gasteiger partial charge >= 0.3 is 0 Å². The van der Waals surface area contributed by atoms with E-state index in [9.17, 15) is 8.42 Å². The monoisotopic (exact) mass is 477 g/mol. The highest BCUT2D eigenvalue weighted by molar-refractivity contribution is 9.10. The van der Waals surface area contributed by atoms with E-state index < -0.39 is 10.0 Å². The molecule has 1 aromatic rings. The Morgan fingerprint density at radius 1 is 1.29 bits per heavy atom. The molecule has 8 heteroatoms. The average Bonchev–Trinajstić information content (AvgIpc) is 2.83. The molecule has 1 unspecified atom stereocenters. The van der Waals surface area contributed by atoms with Gasteiger partial charge in [0.2, 0.25) is 10.0 Å². The van der Waals surface area contributed by atoms with Gasteiger partial charge in [-0.15, -0.1) is 0 Å². The molecule has 118 valence electrons. The van der Waals surface area contributed by atoms with Crippen molar-refractivity contribution in [1.82, 2.24) is 4.31 Å². The number of rotatable bonds is 5. The summed E-state index contributed by atoms with van der Waals surface area (Å²) in [6.45, 7) is 0.526. The molecule has 3 nitrogen and oxygen atoms in total. The Bertz CT molecular complexity index is 602. The van der Waals surface area contributed by atoms with Gasteiger partial charge in [0.25, 0.3) is 0 Å². The predicted molar refractivity (Wildman–Crippen MR) is 94.1 cm³/mol. The van der Waals surface area contributed by atoms with Gasteiger partial charge < -0.3 is 0 Å². The molecule has 0 N–H and O–H groups in total. The lowest BCUT2D eigenvalue weighted by atomic mass is 10.1. The Kier molecular flexibility index (Phi) is 6.43. The molecule has 0 amide bonds. The molecule has 0 spiro atoms. The van der Waals surface area contributed by atoms with Crippen LogP contribution in [0.4, 0.5) is 0 Å². The maximum atomic E-state index is 12.9. The quantitative estimate of drug-likeness (QED) is 0.552. The summed E-state index contributed by atoms with van der Waals surface area (Å²) in [5.74, 6) is 0. The zero-order valence-electron chi connectivity index (χ0n) is 11.2. The van der Waals surface area contributed by atoms with Crippen LogP contribution in [0.3, 0.4) is 0 Å². The first-order chi connectivity index (χ1) is 9.87. The minimum atomic E-state index is -3.66. The predicted octanol–water partition coefficient (Wildman–Crippen LogP) is 5.08. The highest BCUT2D eigenvalue weighted by atomic mass is 79.9. The number of nitrogens with zero attached hydrogens (tertiary/aromatic N) is 1. The van der Waals surface area contributed by atoms with E-state index in [0.717, 1.165) is 31.0 Å². The van der Waals surface area contributed by atoms with Crippen LogP contribution in [0.2, 0.25) is 10.0 Å². The zero-order chi connectivity index (χ0) is 15.6. The topological polar surface area (TPSA) is 37.4 Å². The first kappa shape index (κ1) is 18.0. The Labute approximate surface area is 152 Å². The molecule has 1 aromatic carbocycles. The molecule has 1 aliphatic rings. The number of alkyl halides is 1. The third-order valence-electron chi connectivity index (χ3n) is 3.52. The van der Waals surface area contributed by atoms with Crippen LogP contribution in [-0.4, -0.2) is 30.6 Å². The summed E-state index contributed by atoms with van der Waals surface area (Å²) in [6, 6.07) is 3.15. The van der Waals surface area contributed by atoms with Gasteiger partial charge in [-0.05, 0) is 37.8 Å². The second-order valence-corrected chi connectivity index (χ2v) is 9.29. The van der Waals surface area contributed by atoms with Gasteiger partial charge in [-0.2, -0.15) is 4.31 Å². The Balaban J connectivity index is 2.38. The lowest BCUT2D eigenvalue weighted by Gasteiger charge is -2.25. The normalized spacial score (nSPS) is 20.1. The molecule has 2 rings (SSSR count). The van der Waals surface area contributed by atoms with Crippen molar-refractivity contribution >= 4 is 65.1 Å². The van der Waals surface area contributed by atoms with Crippen LogP contribution in [0.15, 0.2) is 21.5 Å². The van der Waals surface area contributed by atoms with E-state index in [1.165, 1.54) is 0 Å². The van der Waals surface area contributed by atoms with Crippen molar-refractivity contribution in [1.29, 1.82) is 0 Å². The van der Waals surface area contributed by atoms with Crippen LogP contribution in [0.5, 0.6) is 0 Å². The molecule has 1 atom stereocenters. The van der Waals surface area contributed by atoms with Crippen LogP contribution in [0.1, 0.15) is 25.7 Å². The van der Waals surface area contributed by atoms with Crippen molar-refractivity contribution in [3.63, 3.8) is 0 Å². The molecule has 1 heterocycles. The molecule has 0 aliphatic carbocycles. The summed E-state index contributed by atoms with van der Waals surface area (Å²) in [4.78, 5) is 0.0137. The average molecular weight is 480 g/mol. The highest BCUT2D eigenvalue weighted by Crippen LogP contribution is 2.37. The summed E-state index contributed by atoms with van der Waals surface area (Å²) < 4.78 is 28.0. The van der Waals surface area contributed by atoms with Crippen LogP contribution in [0.25, 0.3) is 0 Å². The number of sulfonamides is 1. The first-order valence-electron chi connectivity index (χ1n) is 6.60. The third kappa shape index (κ3) is 3.96. The number of hydrogen-bond acceptors (Lipinski definition) is 2. The maximum absolute atomic E-state index is 12.9. The molecule has 0 bridgehead atoms. The van der Waals surface area contributed by atoms with Gasteiger partial charge in [-0.25, -0.2) is 8.42 Å². The third-order valence-corrected chi connectivity index (χ3v) is 7.42. The van der Waals surface area contributed by atoms with E-state index >= 15 is 0 Å². The van der Waals surface area contributed by atoms with Crippen molar-refractivity contribution in [3.05, 3.63) is 26.7 Å². The van der Waals surface area contributed by atoms with Gasteiger partial charge in [-0.3, -0.25) is 0 Å². The van der Waals surface area contributed by atoms with Crippen molar-refractivity contribution in [2.75, 3.05) is 11.9 Å². The van der Waals surface area contributed by atoms with Crippen molar-refractivity contribution in [3.8, 4) is 0 Å². The van der Waals surface area contributed by atoms with Crippen LogP contribution in [0, 0.1) is 0 Å². The molecule has 0 aromatic heterocycles. The fraction of sp³-hybridized carbons (Fsp3) is 0.538. The highest BCUT2D eigenvalue weighted by Gasteiger charge is 2.37. The molecule has 1 saturated heterocycles. The molecular weight excluding hydrogens is 465 g/mol. The first-order valence-corrected chi connectivity index (χ1v) is 10.7. The number of benzene rings is 1. The maximum Gasteiger partial charge on any atom is 0.246 e. The van der Waals surface area contributed by atoms with E-state index in [4.69, 9.17) is 23.2 Å². The van der Waals surface area contributed by atoms with E-state index in [0.29, 0.717) is 11.0 Å².